The maximum Gasteiger partial charge on any atom is 0.376 e. The molecule has 2 N–H and O–H groups in total. The van der Waals surface area contributed by atoms with Crippen molar-refractivity contribution >= 4 is 28.7 Å². The number of amidine groups is 1. The van der Waals surface area contributed by atoms with E-state index < -0.39 is 6.42 Å². The summed E-state index contributed by atoms with van der Waals surface area (Å²) in [7, 11) is 0. The Balaban J connectivity index is 0.00000176. The summed E-state index contributed by atoms with van der Waals surface area (Å²) in [5, 5.41) is 6.99. The van der Waals surface area contributed by atoms with E-state index in [9.17, 15) is 0 Å². The van der Waals surface area contributed by atoms with Crippen LogP contribution in [-0.2, 0) is 0 Å². The SMILES string of the molecule is CCC[B-]1(CCC)[NH+]=C(c2ccccc2)Nc2scc[n+]21.[Cl-]. The van der Waals surface area contributed by atoms with Gasteiger partial charge in [0, 0.05) is 5.38 Å². The zero-order valence-electron chi connectivity index (χ0n) is 13.2. The molecular formula is C16H23BClN3S. The Labute approximate surface area is 142 Å². The number of rotatable bonds is 5. The lowest BCUT2D eigenvalue weighted by Gasteiger charge is -2.34. The highest BCUT2D eigenvalue weighted by Crippen LogP contribution is 2.19. The number of aromatic nitrogens is 1. The summed E-state index contributed by atoms with van der Waals surface area (Å²) >= 11 is 1.78. The molecule has 0 amide bonds. The van der Waals surface area contributed by atoms with Gasteiger partial charge < -0.3 is 21.8 Å². The van der Waals surface area contributed by atoms with Crippen LogP contribution in [-0.4, -0.2) is 12.3 Å². The van der Waals surface area contributed by atoms with Crippen molar-refractivity contribution in [3.8, 4) is 0 Å². The molecule has 2 aromatic rings. The molecule has 0 spiro atoms. The Hall–Kier alpha value is -1.33. The fraction of sp³-hybridized carbons (Fsp3) is 0.375. The highest BCUT2D eigenvalue weighted by molar-refractivity contribution is 7.13. The van der Waals surface area contributed by atoms with Gasteiger partial charge in [-0.2, -0.15) is 0 Å². The Morgan fingerprint density at radius 3 is 2.45 bits per heavy atom. The number of nitrogens with one attached hydrogen (secondary N) is 2. The monoisotopic (exact) mass is 335 g/mol. The third kappa shape index (κ3) is 3.06. The van der Waals surface area contributed by atoms with E-state index in [1.807, 2.05) is 0 Å². The lowest BCUT2D eigenvalue weighted by Crippen LogP contribution is -3.03. The van der Waals surface area contributed by atoms with Crippen molar-refractivity contribution < 1.29 is 21.8 Å². The van der Waals surface area contributed by atoms with Crippen LogP contribution >= 0.6 is 11.3 Å². The van der Waals surface area contributed by atoms with Gasteiger partial charge in [0.15, 0.2) is 0 Å². The smallest absolute Gasteiger partial charge is 0.376 e. The van der Waals surface area contributed by atoms with Gasteiger partial charge in [-0.05, 0) is 12.1 Å². The van der Waals surface area contributed by atoms with Gasteiger partial charge >= 0.3 is 6.42 Å². The third-order valence-electron chi connectivity index (χ3n) is 4.41. The molecule has 6 heteroatoms. The Morgan fingerprint density at radius 1 is 1.14 bits per heavy atom. The lowest BCUT2D eigenvalue weighted by atomic mass is 9.40. The number of fused-ring (bicyclic) bond motifs is 1. The van der Waals surface area contributed by atoms with Crippen LogP contribution in [0.2, 0.25) is 12.6 Å². The summed E-state index contributed by atoms with van der Waals surface area (Å²) in [6.45, 7) is 4.55. The van der Waals surface area contributed by atoms with Crippen molar-refractivity contribution in [2.45, 2.75) is 39.3 Å². The molecule has 3 rings (SSSR count). The van der Waals surface area contributed by atoms with E-state index in [4.69, 9.17) is 0 Å². The Bertz CT molecular complexity index is 636. The molecule has 1 aliphatic rings. The van der Waals surface area contributed by atoms with Gasteiger partial charge in [0.1, 0.15) is 0 Å². The topological polar surface area (TPSA) is 29.9 Å². The highest BCUT2D eigenvalue weighted by Gasteiger charge is 2.41. The number of anilines is 1. The van der Waals surface area contributed by atoms with Crippen molar-refractivity contribution in [3.63, 3.8) is 0 Å². The van der Waals surface area contributed by atoms with Gasteiger partial charge in [0.2, 0.25) is 5.84 Å². The molecular weight excluding hydrogens is 313 g/mol. The quantitative estimate of drug-likeness (QED) is 0.682. The number of hydrogen-bond acceptors (Lipinski definition) is 2. The molecule has 1 aromatic heterocycles. The van der Waals surface area contributed by atoms with Crippen LogP contribution in [0.25, 0.3) is 0 Å². The largest absolute Gasteiger partial charge is 1.00 e. The number of thiazole rings is 1. The second-order valence-corrected chi connectivity index (χ2v) is 6.79. The first-order valence-electron chi connectivity index (χ1n) is 7.94. The average molecular weight is 336 g/mol. The van der Waals surface area contributed by atoms with E-state index in [2.05, 4.69) is 70.5 Å². The van der Waals surface area contributed by atoms with Gasteiger partial charge in [-0.1, -0.05) is 68.9 Å². The molecule has 0 saturated carbocycles. The van der Waals surface area contributed by atoms with E-state index in [-0.39, 0.29) is 12.4 Å². The highest BCUT2D eigenvalue weighted by atomic mass is 35.5. The maximum atomic E-state index is 3.87. The van der Waals surface area contributed by atoms with E-state index in [1.54, 1.807) is 11.3 Å². The van der Waals surface area contributed by atoms with Crippen LogP contribution in [0.3, 0.4) is 0 Å². The first kappa shape index (κ1) is 17.0. The molecule has 118 valence electrons. The lowest BCUT2D eigenvalue weighted by molar-refractivity contribution is -0.606. The first-order valence-corrected chi connectivity index (χ1v) is 8.82. The molecule has 1 aliphatic heterocycles. The molecule has 3 nitrogen and oxygen atoms in total. The van der Waals surface area contributed by atoms with Gasteiger partial charge in [-0.25, -0.2) is 5.32 Å². The van der Waals surface area contributed by atoms with Gasteiger partial charge in [-0.15, -0.1) is 0 Å². The summed E-state index contributed by atoms with van der Waals surface area (Å²) in [6, 6.07) is 10.6. The van der Waals surface area contributed by atoms with E-state index in [0.717, 1.165) is 5.84 Å². The van der Waals surface area contributed by atoms with Crippen molar-refractivity contribution in [2.75, 3.05) is 5.32 Å². The molecule has 0 fully saturated rings. The van der Waals surface area contributed by atoms with E-state index in [0.29, 0.717) is 0 Å². The fourth-order valence-electron chi connectivity index (χ4n) is 3.54. The summed E-state index contributed by atoms with van der Waals surface area (Å²) in [6.07, 6.45) is 6.23. The van der Waals surface area contributed by atoms with Gasteiger partial charge in [0.05, 0.1) is 11.8 Å². The molecule has 0 aliphatic carbocycles. The minimum atomic E-state index is -0.776. The van der Waals surface area contributed by atoms with Crippen LogP contribution in [0.4, 0.5) is 5.13 Å². The minimum Gasteiger partial charge on any atom is -1.00 e. The van der Waals surface area contributed by atoms with Crippen LogP contribution in [0.15, 0.2) is 41.9 Å². The zero-order valence-corrected chi connectivity index (χ0v) is 14.8. The molecule has 2 heterocycles. The summed E-state index contributed by atoms with van der Waals surface area (Å²) in [5.74, 6) is 1.15. The van der Waals surface area contributed by atoms with E-state index >= 15 is 0 Å². The molecule has 0 saturated heterocycles. The predicted octanol–water partition coefficient (Wildman–Crippen LogP) is -0.897. The average Bonchev–Trinajstić information content (AvgIpc) is 2.98. The number of halogens is 1. The van der Waals surface area contributed by atoms with Crippen LogP contribution < -0.4 is 27.1 Å². The van der Waals surface area contributed by atoms with Crippen molar-refractivity contribution in [2.24, 2.45) is 0 Å². The fourth-order valence-corrected chi connectivity index (χ4v) is 4.40. The molecule has 0 atom stereocenters. The molecule has 0 bridgehead atoms. The summed E-state index contributed by atoms with van der Waals surface area (Å²) in [4.78, 5) is 3.87. The van der Waals surface area contributed by atoms with Crippen molar-refractivity contribution in [1.82, 2.24) is 0 Å². The van der Waals surface area contributed by atoms with Crippen molar-refractivity contribution in [3.05, 3.63) is 47.5 Å². The van der Waals surface area contributed by atoms with E-state index in [1.165, 1.54) is 36.2 Å². The zero-order chi connectivity index (χ0) is 14.7. The maximum absolute atomic E-state index is 3.87. The molecule has 0 radical (unpaired) electrons. The van der Waals surface area contributed by atoms with Gasteiger partial charge in [0.25, 0.3) is 5.13 Å². The van der Waals surface area contributed by atoms with Crippen molar-refractivity contribution in [1.29, 1.82) is 0 Å². The standard InChI is InChI=1S/C16H23BN3S.ClH/c1-3-10-17(11-4-2)19-15(14-8-6-5-7-9-14)18-16-20(17)12-13-21-16;/h5-9,12-13,18-19H,3-4,10-11H2,1-2H3;1H/q+1;/p-1. The minimum absolute atomic E-state index is 0. The summed E-state index contributed by atoms with van der Waals surface area (Å²) < 4.78 is 2.45. The second kappa shape index (κ2) is 7.29. The molecule has 0 unspecified atom stereocenters. The third-order valence-corrected chi connectivity index (χ3v) is 5.20. The summed E-state index contributed by atoms with van der Waals surface area (Å²) in [5.41, 5.74) is 1.23. The molecule has 22 heavy (non-hydrogen) atoms. The number of nitrogens with zero attached hydrogens (tertiary/aromatic N) is 1. The van der Waals surface area contributed by atoms with Crippen LogP contribution in [0, 0.1) is 0 Å². The normalized spacial score (nSPS) is 15.3. The first-order chi connectivity index (χ1) is 10.3. The second-order valence-electron chi connectivity index (χ2n) is 5.89. The predicted molar refractivity (Wildman–Crippen MR) is 91.0 cm³/mol. The number of benzene rings is 1. The Morgan fingerprint density at radius 2 is 1.82 bits per heavy atom. The van der Waals surface area contributed by atoms with Gasteiger partial charge in [-0.3, -0.25) is 0 Å². The van der Waals surface area contributed by atoms with Crippen LogP contribution in [0.1, 0.15) is 32.3 Å². The molecule has 1 aromatic carbocycles. The Kier molecular flexibility index (Phi) is 5.65. The number of hydrogen-bond donors (Lipinski definition) is 2. The van der Waals surface area contributed by atoms with Crippen LogP contribution in [0.5, 0.6) is 0 Å².